The van der Waals surface area contributed by atoms with E-state index in [0.29, 0.717) is 44.5 Å². The van der Waals surface area contributed by atoms with Crippen molar-refractivity contribution in [2.75, 3.05) is 25.0 Å². The zero-order valence-corrected chi connectivity index (χ0v) is 19.6. The van der Waals surface area contributed by atoms with Crippen LogP contribution in [0.1, 0.15) is 31.4 Å². The highest BCUT2D eigenvalue weighted by Gasteiger charge is 2.27. The van der Waals surface area contributed by atoms with Gasteiger partial charge in [-0.15, -0.1) is 11.3 Å². The highest BCUT2D eigenvalue weighted by molar-refractivity contribution is 7.07. The number of hydrogen-bond donors (Lipinski definition) is 1. The molecule has 34 heavy (non-hydrogen) atoms. The number of aromatic nitrogens is 1. The normalized spacial score (nSPS) is 15.2. The quantitative estimate of drug-likeness (QED) is 0.558. The molecule has 4 rings (SSSR count). The summed E-state index contributed by atoms with van der Waals surface area (Å²) in [6, 6.07) is 7.43. The smallest absolute Gasteiger partial charge is 0.269 e. The number of carbonyl (C=O) groups is 1. The number of fused-ring (bicyclic) bond motifs is 1. The number of nitrogens with one attached hydrogen (secondary N) is 1. The lowest BCUT2D eigenvalue weighted by Crippen LogP contribution is -2.34. The number of amides is 1. The van der Waals surface area contributed by atoms with Gasteiger partial charge in [0.25, 0.3) is 11.5 Å². The summed E-state index contributed by atoms with van der Waals surface area (Å²) in [5.74, 6) is -2.88. The van der Waals surface area contributed by atoms with Crippen LogP contribution in [0.15, 0.2) is 41.2 Å². The molecule has 2 heterocycles. The highest BCUT2D eigenvalue weighted by atomic mass is 32.1. The van der Waals surface area contributed by atoms with Crippen LogP contribution in [0.5, 0.6) is 0 Å². The molecule has 1 aromatic heterocycles. The van der Waals surface area contributed by atoms with Gasteiger partial charge in [0.05, 0.1) is 15.8 Å². The molecule has 9 heteroatoms. The molecular formula is C25H24F3N3O2S. The molecule has 0 saturated carbocycles. The number of thiazole rings is 1. The summed E-state index contributed by atoms with van der Waals surface area (Å²) < 4.78 is 43.0. The third-order valence-corrected chi connectivity index (χ3v) is 6.97. The number of anilines is 1. The van der Waals surface area contributed by atoms with Gasteiger partial charge in [0, 0.05) is 12.1 Å². The molecular weight excluding hydrogens is 463 g/mol. The molecule has 1 aliphatic heterocycles. The van der Waals surface area contributed by atoms with Crippen molar-refractivity contribution in [3.8, 4) is 0 Å². The molecule has 0 bridgehead atoms. The predicted octanol–water partition coefficient (Wildman–Crippen LogP) is 3.04. The van der Waals surface area contributed by atoms with Crippen molar-refractivity contribution in [2.24, 2.45) is 0 Å². The lowest BCUT2D eigenvalue weighted by atomic mass is 10.1. The zero-order valence-electron chi connectivity index (χ0n) is 18.8. The molecule has 3 aromatic rings. The standard InChI is InChI=1S/C25H24F3N3O2S/c1-3-30(4-2)10-5-11-31-24(33)21(13-15-6-9-18(27)19(28)12-15)34-25(31)22-17-8-7-16(26)14-20(17)29-23(22)32/h6-9,12-14H,3-5,10-11H2,1-2H3,(H,29,32)/b21-13+,25-22+. The van der Waals surface area contributed by atoms with Crippen molar-refractivity contribution in [3.05, 3.63) is 84.5 Å². The van der Waals surface area contributed by atoms with Gasteiger partial charge in [-0.3, -0.25) is 14.2 Å². The molecule has 1 amide bonds. The second kappa shape index (κ2) is 9.99. The van der Waals surface area contributed by atoms with Gasteiger partial charge in [-0.1, -0.05) is 19.9 Å². The van der Waals surface area contributed by atoms with Crippen molar-refractivity contribution in [3.63, 3.8) is 0 Å². The summed E-state index contributed by atoms with van der Waals surface area (Å²) in [6.45, 7) is 7.05. The number of hydrogen-bond acceptors (Lipinski definition) is 4. The van der Waals surface area contributed by atoms with Crippen molar-refractivity contribution in [1.29, 1.82) is 0 Å². The fourth-order valence-corrected chi connectivity index (χ4v) is 5.20. The first-order valence-corrected chi connectivity index (χ1v) is 11.9. The summed E-state index contributed by atoms with van der Waals surface area (Å²) in [5, 5.41) is 2.66. The maximum Gasteiger partial charge on any atom is 0.269 e. The maximum absolute atomic E-state index is 13.7. The van der Waals surface area contributed by atoms with E-state index in [-0.39, 0.29) is 5.56 Å². The Balaban J connectivity index is 1.89. The average Bonchev–Trinajstić information content (AvgIpc) is 3.28. The number of benzene rings is 2. The van der Waals surface area contributed by atoms with E-state index in [2.05, 4.69) is 24.1 Å². The minimum absolute atomic E-state index is 0.291. The molecule has 0 unspecified atom stereocenters. The monoisotopic (exact) mass is 487 g/mol. The molecule has 1 aliphatic rings. The van der Waals surface area contributed by atoms with E-state index in [9.17, 15) is 22.8 Å². The van der Waals surface area contributed by atoms with Crippen molar-refractivity contribution < 1.29 is 18.0 Å². The van der Waals surface area contributed by atoms with Crippen molar-refractivity contribution in [1.82, 2.24) is 9.47 Å². The molecule has 0 spiro atoms. The van der Waals surface area contributed by atoms with E-state index in [4.69, 9.17) is 0 Å². The molecule has 0 saturated heterocycles. The first kappa shape index (κ1) is 24.0. The van der Waals surface area contributed by atoms with Crippen LogP contribution in [0, 0.1) is 17.5 Å². The minimum Gasteiger partial charge on any atom is -0.321 e. The number of nitrogens with zero attached hydrogens (tertiary/aromatic N) is 2. The van der Waals surface area contributed by atoms with Crippen LogP contribution in [-0.4, -0.2) is 35.0 Å². The summed E-state index contributed by atoms with van der Waals surface area (Å²) >= 11 is 1.10. The first-order valence-electron chi connectivity index (χ1n) is 11.1. The summed E-state index contributed by atoms with van der Waals surface area (Å²) in [4.78, 5) is 28.4. The van der Waals surface area contributed by atoms with Crippen LogP contribution >= 0.6 is 11.3 Å². The van der Waals surface area contributed by atoms with Gasteiger partial charge in [0.15, 0.2) is 11.6 Å². The van der Waals surface area contributed by atoms with Crippen LogP contribution < -0.4 is 20.1 Å². The lowest BCUT2D eigenvalue weighted by molar-refractivity contribution is -0.110. The largest absolute Gasteiger partial charge is 0.321 e. The van der Waals surface area contributed by atoms with E-state index in [1.54, 1.807) is 4.57 Å². The van der Waals surface area contributed by atoms with E-state index >= 15 is 0 Å². The third kappa shape index (κ3) is 4.71. The fourth-order valence-electron chi connectivity index (χ4n) is 4.01. The van der Waals surface area contributed by atoms with Gasteiger partial charge in [-0.2, -0.15) is 0 Å². The second-order valence-electron chi connectivity index (χ2n) is 7.95. The number of rotatable bonds is 7. The maximum atomic E-state index is 13.7. The third-order valence-electron chi connectivity index (χ3n) is 5.84. The van der Waals surface area contributed by atoms with Gasteiger partial charge < -0.3 is 10.2 Å². The van der Waals surface area contributed by atoms with Crippen LogP contribution in [0.25, 0.3) is 11.6 Å². The number of carbonyl (C=O) groups excluding carboxylic acids is 1. The van der Waals surface area contributed by atoms with Crippen molar-refractivity contribution >= 4 is 34.6 Å². The van der Waals surface area contributed by atoms with E-state index in [1.165, 1.54) is 30.3 Å². The summed E-state index contributed by atoms with van der Waals surface area (Å²) in [7, 11) is 0. The van der Waals surface area contributed by atoms with Gasteiger partial charge in [0.1, 0.15) is 10.5 Å². The van der Waals surface area contributed by atoms with Gasteiger partial charge in [-0.25, -0.2) is 13.2 Å². The Labute approximate surface area is 198 Å². The Hall–Kier alpha value is -3.17. The zero-order chi connectivity index (χ0) is 24.4. The molecule has 0 radical (unpaired) electrons. The topological polar surface area (TPSA) is 54.3 Å². The molecule has 178 valence electrons. The first-order chi connectivity index (χ1) is 16.3. The fraction of sp³-hybridized carbons (Fsp3) is 0.280. The average molecular weight is 488 g/mol. The van der Waals surface area contributed by atoms with Crippen molar-refractivity contribution in [2.45, 2.75) is 26.8 Å². The van der Waals surface area contributed by atoms with Crippen LogP contribution in [-0.2, 0) is 11.3 Å². The van der Waals surface area contributed by atoms with E-state index in [0.717, 1.165) is 43.1 Å². The minimum atomic E-state index is -1.01. The molecule has 0 aliphatic carbocycles. The Kier molecular flexibility index (Phi) is 7.04. The second-order valence-corrected chi connectivity index (χ2v) is 8.98. The van der Waals surface area contributed by atoms with Crippen LogP contribution in [0.3, 0.4) is 0 Å². The summed E-state index contributed by atoms with van der Waals surface area (Å²) in [5.41, 5.74) is 1.18. The Morgan fingerprint density at radius 3 is 2.50 bits per heavy atom. The number of halogens is 3. The molecule has 0 atom stereocenters. The predicted molar refractivity (Wildman–Crippen MR) is 128 cm³/mol. The van der Waals surface area contributed by atoms with E-state index < -0.39 is 23.4 Å². The Bertz CT molecular complexity index is 1420. The molecule has 0 fully saturated rings. The van der Waals surface area contributed by atoms with Crippen LogP contribution in [0.4, 0.5) is 18.9 Å². The molecule has 5 nitrogen and oxygen atoms in total. The lowest BCUT2D eigenvalue weighted by Gasteiger charge is -2.17. The van der Waals surface area contributed by atoms with Gasteiger partial charge in [0.2, 0.25) is 0 Å². The molecule has 1 N–H and O–H groups in total. The van der Waals surface area contributed by atoms with Gasteiger partial charge >= 0.3 is 0 Å². The van der Waals surface area contributed by atoms with E-state index in [1.807, 2.05) is 0 Å². The Morgan fingerprint density at radius 1 is 1.03 bits per heavy atom. The van der Waals surface area contributed by atoms with Gasteiger partial charge in [-0.05, 0) is 68.0 Å². The summed E-state index contributed by atoms with van der Waals surface area (Å²) in [6.07, 6.45) is 2.17. The van der Waals surface area contributed by atoms with Crippen LogP contribution in [0.2, 0.25) is 0 Å². The SMILES string of the molecule is CCN(CC)CCCn1c(=O)/c(=C\c2ccc(F)c(F)c2)s/c1=C1/C(=O)Nc2cc(F)ccc21. The molecule has 2 aromatic carbocycles. The Morgan fingerprint density at radius 2 is 1.79 bits per heavy atom. The highest BCUT2D eigenvalue weighted by Crippen LogP contribution is 2.30.